The summed E-state index contributed by atoms with van der Waals surface area (Å²) in [7, 11) is -6.40. The largest absolute Gasteiger partial charge is 0.516 e. The smallest absolute Gasteiger partial charge is 0.323 e. The molecule has 0 amide bonds. The van der Waals surface area contributed by atoms with Crippen LogP contribution in [0.25, 0.3) is 0 Å². The van der Waals surface area contributed by atoms with Gasteiger partial charge in [-0.3, -0.25) is 9.13 Å². The first-order chi connectivity index (χ1) is 4.54. The van der Waals surface area contributed by atoms with E-state index in [2.05, 4.69) is 10.9 Å². The summed E-state index contributed by atoms with van der Waals surface area (Å²) in [4.78, 5) is 15.4. The van der Waals surface area contributed by atoms with Crippen molar-refractivity contribution >= 4 is 16.5 Å². The Bertz CT molecular complexity index is 120. The maximum absolute atomic E-state index is 9.44. The quantitative estimate of drug-likeness (QED) is 0.431. The lowest BCUT2D eigenvalue weighted by Gasteiger charge is -1.86. The van der Waals surface area contributed by atoms with Gasteiger partial charge in [0.2, 0.25) is 0 Å². The molecular weight excluding hydrogens is 182 g/mol. The van der Waals surface area contributed by atoms with E-state index in [9.17, 15) is 9.13 Å². The van der Waals surface area contributed by atoms with Gasteiger partial charge in [0, 0.05) is 0 Å². The average molecular weight is 190 g/mol. The van der Waals surface area contributed by atoms with Crippen LogP contribution in [0.15, 0.2) is 12.8 Å². The van der Waals surface area contributed by atoms with E-state index in [1.54, 1.807) is 0 Å². The van der Waals surface area contributed by atoms with E-state index >= 15 is 0 Å². The fourth-order valence-corrected chi connectivity index (χ4v) is 0.672. The standard InChI is InChI=1S/C2H4O.H4O5P2/c1-2-3;1-6(2)5-7(3)4/h2-3H,1H2;6-7H,(H,1,2)(H,3,4). The molecule has 0 saturated heterocycles. The van der Waals surface area contributed by atoms with Gasteiger partial charge < -0.3 is 14.9 Å². The van der Waals surface area contributed by atoms with Crippen molar-refractivity contribution in [2.75, 3.05) is 0 Å². The first kappa shape index (κ1) is 12.5. The number of aliphatic hydroxyl groups excluding tert-OH is 1. The van der Waals surface area contributed by atoms with E-state index < -0.39 is 16.5 Å². The zero-order valence-electron chi connectivity index (χ0n) is 4.85. The third-order valence-electron chi connectivity index (χ3n) is 0.175. The van der Waals surface area contributed by atoms with E-state index in [-0.39, 0.29) is 0 Å². The van der Waals surface area contributed by atoms with E-state index in [4.69, 9.17) is 14.9 Å². The van der Waals surface area contributed by atoms with Crippen LogP contribution in [0.5, 0.6) is 0 Å². The molecule has 2 atom stereocenters. The van der Waals surface area contributed by atoms with Crippen LogP contribution in [0.1, 0.15) is 0 Å². The van der Waals surface area contributed by atoms with Crippen LogP contribution in [0.2, 0.25) is 0 Å². The summed E-state index contributed by atoms with van der Waals surface area (Å²) in [6.07, 6.45) is 0.750. The lowest BCUT2D eigenvalue weighted by molar-refractivity contribution is 0.371. The Morgan fingerprint density at radius 1 is 1.30 bits per heavy atom. The van der Waals surface area contributed by atoms with Crippen LogP contribution < -0.4 is 0 Å². The van der Waals surface area contributed by atoms with Crippen molar-refractivity contribution in [3.63, 3.8) is 0 Å². The molecule has 3 N–H and O–H groups in total. The second-order valence-corrected chi connectivity index (χ2v) is 2.70. The summed E-state index contributed by atoms with van der Waals surface area (Å²) in [5.41, 5.74) is 0. The Kier molecular flexibility index (Phi) is 11.1. The van der Waals surface area contributed by atoms with E-state index in [1.807, 2.05) is 0 Å². The molecule has 0 bridgehead atoms. The monoisotopic (exact) mass is 190 g/mol. The van der Waals surface area contributed by atoms with Crippen LogP contribution >= 0.6 is 16.5 Å². The van der Waals surface area contributed by atoms with Crippen molar-refractivity contribution in [2.24, 2.45) is 0 Å². The minimum absolute atomic E-state index is 0.750. The zero-order chi connectivity index (χ0) is 8.57. The molecule has 2 unspecified atom stereocenters. The molecule has 0 rings (SSSR count). The fraction of sp³-hybridized carbons (Fsp3) is 0. The summed E-state index contributed by atoms with van der Waals surface area (Å²) in [5.74, 6) is 0. The summed E-state index contributed by atoms with van der Waals surface area (Å²) in [5, 5.41) is 7.33. The van der Waals surface area contributed by atoms with Crippen molar-refractivity contribution in [3.05, 3.63) is 12.8 Å². The topological polar surface area (TPSA) is 104 Å². The fourth-order valence-electron chi connectivity index (χ4n) is 0.0747. The summed E-state index contributed by atoms with van der Waals surface area (Å²) >= 11 is 0. The highest BCUT2D eigenvalue weighted by atomic mass is 31.2. The lowest BCUT2D eigenvalue weighted by atomic mass is 11.2. The molecule has 0 aliphatic heterocycles. The molecule has 0 aromatic carbocycles. The third kappa shape index (κ3) is 24.8. The van der Waals surface area contributed by atoms with Crippen LogP contribution in [0.3, 0.4) is 0 Å². The maximum Gasteiger partial charge on any atom is 0.323 e. The molecule has 62 valence electrons. The Morgan fingerprint density at radius 3 is 1.50 bits per heavy atom. The van der Waals surface area contributed by atoms with Gasteiger partial charge in [-0.1, -0.05) is 6.58 Å². The molecule has 0 saturated carbocycles. The SMILES string of the molecule is C=CO.O=[PH](O)O[PH](=O)O. The van der Waals surface area contributed by atoms with Gasteiger partial charge in [0.1, 0.15) is 0 Å². The maximum atomic E-state index is 9.44. The summed E-state index contributed by atoms with van der Waals surface area (Å²) < 4.78 is 22.3. The highest BCUT2D eigenvalue weighted by Crippen LogP contribution is 2.30. The Balaban J connectivity index is 0. The van der Waals surface area contributed by atoms with E-state index in [0.29, 0.717) is 0 Å². The highest BCUT2D eigenvalue weighted by Gasteiger charge is 1.93. The second-order valence-electron chi connectivity index (χ2n) is 0.816. The van der Waals surface area contributed by atoms with Crippen molar-refractivity contribution in [3.8, 4) is 0 Å². The van der Waals surface area contributed by atoms with Gasteiger partial charge >= 0.3 is 16.5 Å². The third-order valence-corrected chi connectivity index (χ3v) is 1.57. The van der Waals surface area contributed by atoms with Crippen LogP contribution in [-0.4, -0.2) is 14.9 Å². The Labute approximate surface area is 58.7 Å². The lowest BCUT2D eigenvalue weighted by Crippen LogP contribution is -1.58. The van der Waals surface area contributed by atoms with E-state index in [1.165, 1.54) is 0 Å². The molecule has 0 fully saturated rings. The number of hydrogen-bond acceptors (Lipinski definition) is 4. The normalized spacial score (nSPS) is 14.2. The van der Waals surface area contributed by atoms with Crippen molar-refractivity contribution in [1.82, 2.24) is 0 Å². The predicted molar refractivity (Wildman–Crippen MR) is 36.4 cm³/mol. The second kappa shape index (κ2) is 8.88. The molecule has 0 radical (unpaired) electrons. The van der Waals surface area contributed by atoms with E-state index in [0.717, 1.165) is 6.26 Å². The van der Waals surface area contributed by atoms with Gasteiger partial charge in [0.25, 0.3) is 0 Å². The first-order valence-corrected chi connectivity index (χ1v) is 4.46. The van der Waals surface area contributed by atoms with Crippen LogP contribution in [0, 0.1) is 0 Å². The molecular formula is C2H8O6P2. The number of rotatable bonds is 2. The molecule has 10 heavy (non-hydrogen) atoms. The predicted octanol–water partition coefficient (Wildman–Crippen LogP) is 0.455. The van der Waals surface area contributed by atoms with Crippen molar-refractivity contribution in [1.29, 1.82) is 0 Å². The summed E-state index contributed by atoms with van der Waals surface area (Å²) in [6.45, 7) is 2.92. The molecule has 8 heteroatoms. The van der Waals surface area contributed by atoms with Gasteiger partial charge in [-0.2, -0.15) is 0 Å². The van der Waals surface area contributed by atoms with Gasteiger partial charge in [0.05, 0.1) is 6.26 Å². The van der Waals surface area contributed by atoms with Crippen molar-refractivity contribution < 1.29 is 28.3 Å². The molecule has 0 aliphatic rings. The van der Waals surface area contributed by atoms with Crippen molar-refractivity contribution in [2.45, 2.75) is 0 Å². The minimum atomic E-state index is -3.20. The molecule has 0 spiro atoms. The molecule has 6 nitrogen and oxygen atoms in total. The van der Waals surface area contributed by atoms with Crippen LogP contribution in [-0.2, 0) is 13.4 Å². The van der Waals surface area contributed by atoms with Crippen LogP contribution in [0.4, 0.5) is 0 Å². The molecule has 0 aromatic rings. The van der Waals surface area contributed by atoms with Gasteiger partial charge in [-0.05, 0) is 0 Å². The number of aliphatic hydroxyl groups is 1. The zero-order valence-corrected chi connectivity index (χ0v) is 6.85. The highest BCUT2D eigenvalue weighted by molar-refractivity contribution is 7.46. The molecule has 0 aliphatic carbocycles. The summed E-state index contributed by atoms with van der Waals surface area (Å²) in [6, 6.07) is 0. The Morgan fingerprint density at radius 2 is 1.50 bits per heavy atom. The molecule has 0 aromatic heterocycles. The van der Waals surface area contributed by atoms with Gasteiger partial charge in [0.15, 0.2) is 0 Å². The molecule has 0 heterocycles. The number of hydrogen-bond donors (Lipinski definition) is 3. The average Bonchev–Trinajstić information content (AvgIpc) is 1.62. The first-order valence-electron chi connectivity index (χ1n) is 1.93. The minimum Gasteiger partial charge on any atom is -0.516 e. The Hall–Kier alpha value is -0.120. The van der Waals surface area contributed by atoms with Gasteiger partial charge in [-0.25, -0.2) is 4.31 Å². The van der Waals surface area contributed by atoms with Gasteiger partial charge in [-0.15, -0.1) is 0 Å².